The topological polar surface area (TPSA) is 29.5 Å². The summed E-state index contributed by atoms with van der Waals surface area (Å²) in [6.07, 6.45) is 1.35. The molecule has 0 saturated carbocycles. The van der Waals surface area contributed by atoms with E-state index < -0.39 is 5.60 Å². The Morgan fingerprint density at radius 2 is 1.86 bits per heavy atom. The quantitative estimate of drug-likeness (QED) is 0.837. The summed E-state index contributed by atoms with van der Waals surface area (Å²) < 4.78 is 6.23. The summed E-state index contributed by atoms with van der Waals surface area (Å²) in [5, 5.41) is 10.4. The fraction of sp³-hybridized carbons (Fsp3) is 0.455. The molecule has 0 aromatic heterocycles. The minimum Gasteiger partial charge on any atom is -0.385 e. The lowest BCUT2D eigenvalue weighted by Gasteiger charge is -2.33. The van der Waals surface area contributed by atoms with E-state index in [0.29, 0.717) is 26.1 Å². The second kappa shape index (κ2) is 4.01. The van der Waals surface area contributed by atoms with Crippen molar-refractivity contribution in [2.45, 2.75) is 18.4 Å². The highest BCUT2D eigenvalue weighted by Crippen LogP contribution is 2.35. The maximum Gasteiger partial charge on any atom is 0.0951 e. The third kappa shape index (κ3) is 1.85. The summed E-state index contributed by atoms with van der Waals surface area (Å²) in [5.41, 5.74) is 0.265. The maximum absolute atomic E-state index is 10.4. The second-order valence-electron chi connectivity index (χ2n) is 3.62. The van der Waals surface area contributed by atoms with Crippen LogP contribution in [0.3, 0.4) is 0 Å². The molecule has 14 heavy (non-hydrogen) atoms. The van der Waals surface area contributed by atoms with Gasteiger partial charge < -0.3 is 9.84 Å². The smallest absolute Gasteiger partial charge is 0.0951 e. The van der Waals surface area contributed by atoms with Crippen LogP contribution in [0.1, 0.15) is 18.4 Å². The Morgan fingerprint density at radius 1 is 1.21 bits per heavy atom. The van der Waals surface area contributed by atoms with Crippen molar-refractivity contribution in [3.05, 3.63) is 34.3 Å². The van der Waals surface area contributed by atoms with Crippen LogP contribution in [0.4, 0.5) is 0 Å². The number of ether oxygens (including phenoxy) is 1. The van der Waals surface area contributed by atoms with Crippen LogP contribution in [0.15, 0.2) is 28.7 Å². The molecule has 1 aromatic carbocycles. The van der Waals surface area contributed by atoms with E-state index in [0.717, 1.165) is 10.0 Å². The first kappa shape index (κ1) is 10.1. The van der Waals surface area contributed by atoms with E-state index in [-0.39, 0.29) is 0 Å². The molecule has 1 N–H and O–H groups in total. The highest BCUT2D eigenvalue weighted by atomic mass is 79.9. The Bertz CT molecular complexity index is 319. The van der Waals surface area contributed by atoms with Crippen LogP contribution in [0.2, 0.25) is 0 Å². The van der Waals surface area contributed by atoms with E-state index in [9.17, 15) is 5.11 Å². The van der Waals surface area contributed by atoms with Crippen LogP contribution in [0.25, 0.3) is 0 Å². The normalized spacial score (nSPS) is 20.7. The molecule has 1 aliphatic rings. The number of hydrogen-bond donors (Lipinski definition) is 1. The van der Waals surface area contributed by atoms with Crippen molar-refractivity contribution in [2.24, 2.45) is 0 Å². The average molecular weight is 257 g/mol. The SMILES string of the molecule is OC1(c2ccccc2Br)CCOCC1. The lowest BCUT2D eigenvalue weighted by Crippen LogP contribution is -2.33. The Morgan fingerprint density at radius 3 is 2.50 bits per heavy atom. The van der Waals surface area contributed by atoms with Gasteiger partial charge >= 0.3 is 0 Å². The Labute approximate surface area is 92.0 Å². The predicted molar refractivity (Wildman–Crippen MR) is 58.1 cm³/mol. The molecular formula is C11H13BrO2. The summed E-state index contributed by atoms with van der Waals surface area (Å²) in [4.78, 5) is 0. The summed E-state index contributed by atoms with van der Waals surface area (Å²) in [5.74, 6) is 0. The van der Waals surface area contributed by atoms with E-state index in [2.05, 4.69) is 15.9 Å². The van der Waals surface area contributed by atoms with Crippen molar-refractivity contribution in [1.29, 1.82) is 0 Å². The molecule has 76 valence electrons. The fourth-order valence-electron chi connectivity index (χ4n) is 1.82. The molecule has 0 amide bonds. The highest BCUT2D eigenvalue weighted by Gasteiger charge is 2.32. The first-order valence-corrected chi connectivity index (χ1v) is 5.57. The van der Waals surface area contributed by atoms with Crippen LogP contribution < -0.4 is 0 Å². The minimum atomic E-state index is -0.710. The molecule has 0 spiro atoms. The molecule has 1 heterocycles. The summed E-state index contributed by atoms with van der Waals surface area (Å²) in [6.45, 7) is 1.27. The minimum absolute atomic E-state index is 0.637. The molecule has 0 aliphatic carbocycles. The van der Waals surface area contributed by atoms with Gasteiger partial charge in [0.1, 0.15) is 0 Å². The van der Waals surface area contributed by atoms with Gasteiger partial charge in [-0.1, -0.05) is 34.1 Å². The summed E-state index contributed by atoms with van der Waals surface area (Å²) in [7, 11) is 0. The first-order valence-electron chi connectivity index (χ1n) is 4.77. The molecule has 1 saturated heterocycles. The van der Waals surface area contributed by atoms with Crippen LogP contribution in [-0.2, 0) is 10.3 Å². The van der Waals surface area contributed by atoms with Crippen molar-refractivity contribution in [3.8, 4) is 0 Å². The van der Waals surface area contributed by atoms with Crippen molar-refractivity contribution in [2.75, 3.05) is 13.2 Å². The Kier molecular flexibility index (Phi) is 2.91. The van der Waals surface area contributed by atoms with Crippen molar-refractivity contribution >= 4 is 15.9 Å². The van der Waals surface area contributed by atoms with Gasteiger partial charge in [0, 0.05) is 30.5 Å². The fourth-order valence-corrected chi connectivity index (χ4v) is 2.47. The lowest BCUT2D eigenvalue weighted by molar-refractivity contribution is -0.0683. The molecule has 0 atom stereocenters. The number of benzene rings is 1. The zero-order chi connectivity index (χ0) is 10.0. The van der Waals surface area contributed by atoms with Gasteiger partial charge in [0.05, 0.1) is 5.60 Å². The molecule has 0 radical (unpaired) electrons. The van der Waals surface area contributed by atoms with Crippen molar-refractivity contribution < 1.29 is 9.84 Å². The van der Waals surface area contributed by atoms with Gasteiger partial charge in [-0.05, 0) is 11.6 Å². The Balaban J connectivity index is 2.32. The summed E-state index contributed by atoms with van der Waals surface area (Å²) in [6, 6.07) is 7.84. The van der Waals surface area contributed by atoms with Gasteiger partial charge in [0.2, 0.25) is 0 Å². The van der Waals surface area contributed by atoms with Crippen LogP contribution in [0, 0.1) is 0 Å². The summed E-state index contributed by atoms with van der Waals surface area (Å²) >= 11 is 3.47. The van der Waals surface area contributed by atoms with Crippen LogP contribution in [-0.4, -0.2) is 18.3 Å². The zero-order valence-electron chi connectivity index (χ0n) is 7.87. The predicted octanol–water partition coefficient (Wildman–Crippen LogP) is 2.45. The number of hydrogen-bond acceptors (Lipinski definition) is 2. The molecule has 2 nitrogen and oxygen atoms in total. The highest BCUT2D eigenvalue weighted by molar-refractivity contribution is 9.10. The monoisotopic (exact) mass is 256 g/mol. The van der Waals surface area contributed by atoms with Gasteiger partial charge in [-0.25, -0.2) is 0 Å². The average Bonchev–Trinajstić information content (AvgIpc) is 2.19. The molecule has 1 aromatic rings. The molecule has 0 bridgehead atoms. The lowest BCUT2D eigenvalue weighted by atomic mass is 9.87. The van der Waals surface area contributed by atoms with E-state index >= 15 is 0 Å². The van der Waals surface area contributed by atoms with Gasteiger partial charge in [0.15, 0.2) is 0 Å². The molecule has 1 fully saturated rings. The van der Waals surface area contributed by atoms with E-state index in [1.165, 1.54) is 0 Å². The molecule has 0 unspecified atom stereocenters. The first-order chi connectivity index (χ1) is 6.72. The molecule has 2 rings (SSSR count). The van der Waals surface area contributed by atoms with E-state index in [1.807, 2.05) is 24.3 Å². The zero-order valence-corrected chi connectivity index (χ0v) is 9.46. The van der Waals surface area contributed by atoms with E-state index in [1.54, 1.807) is 0 Å². The maximum atomic E-state index is 10.4. The number of rotatable bonds is 1. The molecular weight excluding hydrogens is 244 g/mol. The molecule has 3 heteroatoms. The van der Waals surface area contributed by atoms with E-state index in [4.69, 9.17) is 4.74 Å². The second-order valence-corrected chi connectivity index (χ2v) is 4.48. The Hall–Kier alpha value is -0.380. The third-order valence-corrected chi connectivity index (χ3v) is 3.39. The largest absolute Gasteiger partial charge is 0.385 e. The van der Waals surface area contributed by atoms with Crippen LogP contribution in [0.5, 0.6) is 0 Å². The standard InChI is InChI=1S/C11H13BrO2/c12-10-4-2-1-3-9(10)11(13)5-7-14-8-6-11/h1-4,13H,5-8H2. The van der Waals surface area contributed by atoms with Gasteiger partial charge in [-0.15, -0.1) is 0 Å². The van der Waals surface area contributed by atoms with Crippen LogP contribution >= 0.6 is 15.9 Å². The number of aliphatic hydroxyl groups is 1. The van der Waals surface area contributed by atoms with Gasteiger partial charge in [-0.3, -0.25) is 0 Å². The van der Waals surface area contributed by atoms with Gasteiger partial charge in [0.25, 0.3) is 0 Å². The van der Waals surface area contributed by atoms with Gasteiger partial charge in [-0.2, -0.15) is 0 Å². The number of halogens is 1. The third-order valence-electron chi connectivity index (χ3n) is 2.70. The molecule has 1 aliphatic heterocycles. The van der Waals surface area contributed by atoms with Crippen molar-refractivity contribution in [1.82, 2.24) is 0 Å². The van der Waals surface area contributed by atoms with Crippen molar-refractivity contribution in [3.63, 3.8) is 0 Å².